The zero-order valence-electron chi connectivity index (χ0n) is 13.5. The quantitative estimate of drug-likeness (QED) is 0.852. The molecule has 0 radical (unpaired) electrons. The molecule has 2 aliphatic rings. The van der Waals surface area contributed by atoms with Crippen molar-refractivity contribution in [1.82, 2.24) is 20.0 Å². The van der Waals surface area contributed by atoms with E-state index in [-0.39, 0.29) is 17.7 Å². The number of nitrogens with one attached hydrogen (secondary N) is 1. The Labute approximate surface area is 137 Å². The average molecular weight is 340 g/mol. The molecule has 1 amide bonds. The van der Waals surface area contributed by atoms with Crippen LogP contribution >= 0.6 is 0 Å². The smallest absolute Gasteiger partial charge is 0.274 e. The van der Waals surface area contributed by atoms with E-state index in [1.807, 2.05) is 11.0 Å². The summed E-state index contributed by atoms with van der Waals surface area (Å²) in [7, 11) is -2.86. The van der Waals surface area contributed by atoms with E-state index < -0.39 is 9.84 Å². The van der Waals surface area contributed by atoms with E-state index in [0.29, 0.717) is 24.5 Å². The number of amides is 1. The lowest BCUT2D eigenvalue weighted by molar-refractivity contribution is 0.0582. The zero-order chi connectivity index (χ0) is 16.4. The molecule has 0 bridgehead atoms. The van der Waals surface area contributed by atoms with E-state index in [9.17, 15) is 13.2 Å². The van der Waals surface area contributed by atoms with Crippen molar-refractivity contribution >= 4 is 15.7 Å². The van der Waals surface area contributed by atoms with Crippen molar-refractivity contribution in [3.8, 4) is 0 Å². The van der Waals surface area contributed by atoms with Gasteiger partial charge >= 0.3 is 0 Å². The van der Waals surface area contributed by atoms with Gasteiger partial charge in [-0.1, -0.05) is 13.3 Å². The number of rotatable bonds is 4. The van der Waals surface area contributed by atoms with Crippen LogP contribution in [0.1, 0.15) is 35.9 Å². The van der Waals surface area contributed by atoms with Gasteiger partial charge in [0.25, 0.3) is 5.91 Å². The lowest BCUT2D eigenvalue weighted by Crippen LogP contribution is -2.52. The minimum absolute atomic E-state index is 0.0395. The number of nitrogens with zero attached hydrogens (tertiary/aromatic N) is 3. The number of aromatic amines is 1. The molecule has 2 aliphatic heterocycles. The maximum atomic E-state index is 12.5. The second-order valence-corrected chi connectivity index (χ2v) is 8.64. The highest BCUT2D eigenvalue weighted by molar-refractivity contribution is 7.91. The molecule has 8 heteroatoms. The summed E-state index contributed by atoms with van der Waals surface area (Å²) in [4.78, 5) is 16.5. The van der Waals surface area contributed by atoms with Crippen molar-refractivity contribution in [3.63, 3.8) is 0 Å². The molecule has 23 heavy (non-hydrogen) atoms. The van der Waals surface area contributed by atoms with Crippen molar-refractivity contribution < 1.29 is 13.2 Å². The standard InChI is InChI=1S/C15H24N4O3S/c1-2-3-12-10-14(17-16-12)15(20)19-7-5-18(6-8-19)13-4-9-23(21,22)11-13/h10,13H,2-9,11H2,1H3,(H,16,17)/t13-/m1/s1. The van der Waals surface area contributed by atoms with Gasteiger partial charge in [0.2, 0.25) is 0 Å². The van der Waals surface area contributed by atoms with E-state index >= 15 is 0 Å². The SMILES string of the molecule is CCCc1cc(C(=O)N2CCN([C@@H]3CCS(=O)(=O)C3)CC2)n[nH]1. The van der Waals surface area contributed by atoms with Crippen LogP contribution in [0.15, 0.2) is 6.07 Å². The fraction of sp³-hybridized carbons (Fsp3) is 0.733. The highest BCUT2D eigenvalue weighted by Gasteiger charge is 2.34. The van der Waals surface area contributed by atoms with E-state index in [2.05, 4.69) is 22.0 Å². The Bertz CT molecular complexity index is 662. The second-order valence-electron chi connectivity index (χ2n) is 6.41. The maximum absolute atomic E-state index is 12.5. The third-order valence-corrected chi connectivity index (χ3v) is 6.45. The van der Waals surface area contributed by atoms with Crippen LogP contribution in [0.2, 0.25) is 0 Å². The summed E-state index contributed by atoms with van der Waals surface area (Å²) in [5.41, 5.74) is 1.47. The summed E-state index contributed by atoms with van der Waals surface area (Å²) in [6.45, 7) is 4.82. The van der Waals surface area contributed by atoms with Crippen molar-refractivity contribution in [1.29, 1.82) is 0 Å². The van der Waals surface area contributed by atoms with Gasteiger partial charge in [0, 0.05) is 37.9 Å². The average Bonchev–Trinajstić information content (AvgIpc) is 3.14. The first-order valence-corrected chi connectivity index (χ1v) is 10.1. The van der Waals surface area contributed by atoms with Gasteiger partial charge in [-0.05, 0) is 18.9 Å². The van der Waals surface area contributed by atoms with Crippen LogP contribution in [0.4, 0.5) is 0 Å². The molecule has 0 unspecified atom stereocenters. The first-order valence-electron chi connectivity index (χ1n) is 8.26. The van der Waals surface area contributed by atoms with Gasteiger partial charge in [-0.2, -0.15) is 5.10 Å². The number of piperazine rings is 1. The largest absolute Gasteiger partial charge is 0.335 e. The fourth-order valence-corrected chi connectivity index (χ4v) is 5.15. The highest BCUT2D eigenvalue weighted by Crippen LogP contribution is 2.19. The molecule has 1 atom stereocenters. The minimum atomic E-state index is -2.86. The summed E-state index contributed by atoms with van der Waals surface area (Å²) in [5, 5.41) is 7.03. The Hall–Kier alpha value is -1.41. The van der Waals surface area contributed by atoms with Crippen LogP contribution in [0, 0.1) is 0 Å². The molecule has 0 saturated carbocycles. The number of hydrogen-bond acceptors (Lipinski definition) is 5. The van der Waals surface area contributed by atoms with Crippen molar-refractivity contribution in [2.75, 3.05) is 37.7 Å². The van der Waals surface area contributed by atoms with Crippen LogP contribution in [0.3, 0.4) is 0 Å². The monoisotopic (exact) mass is 340 g/mol. The predicted molar refractivity (Wildman–Crippen MR) is 87.1 cm³/mol. The van der Waals surface area contributed by atoms with Gasteiger partial charge in [0.15, 0.2) is 9.84 Å². The van der Waals surface area contributed by atoms with Crippen molar-refractivity contribution in [3.05, 3.63) is 17.5 Å². The molecule has 3 rings (SSSR count). The number of aromatic nitrogens is 2. The van der Waals surface area contributed by atoms with Gasteiger partial charge in [-0.3, -0.25) is 14.8 Å². The molecule has 0 spiro atoms. The number of hydrogen-bond donors (Lipinski definition) is 1. The van der Waals surface area contributed by atoms with Crippen LogP contribution in [0.25, 0.3) is 0 Å². The zero-order valence-corrected chi connectivity index (χ0v) is 14.3. The van der Waals surface area contributed by atoms with Gasteiger partial charge in [-0.25, -0.2) is 8.42 Å². The van der Waals surface area contributed by atoms with Gasteiger partial charge in [0.1, 0.15) is 5.69 Å². The highest BCUT2D eigenvalue weighted by atomic mass is 32.2. The summed E-state index contributed by atoms with van der Waals surface area (Å²) in [5.74, 6) is 0.521. The second kappa shape index (κ2) is 6.60. The summed E-state index contributed by atoms with van der Waals surface area (Å²) in [6.07, 6.45) is 2.62. The maximum Gasteiger partial charge on any atom is 0.274 e. The van der Waals surface area contributed by atoms with E-state index in [1.54, 1.807) is 0 Å². The Morgan fingerprint density at radius 2 is 2.09 bits per heavy atom. The molecule has 0 aliphatic carbocycles. The van der Waals surface area contributed by atoms with Gasteiger partial charge < -0.3 is 4.90 Å². The number of carbonyl (C=O) groups is 1. The van der Waals surface area contributed by atoms with Crippen molar-refractivity contribution in [2.24, 2.45) is 0 Å². The molecular weight excluding hydrogens is 316 g/mol. The third kappa shape index (κ3) is 3.74. The Kier molecular flexibility index (Phi) is 4.72. The minimum Gasteiger partial charge on any atom is -0.335 e. The molecule has 3 heterocycles. The fourth-order valence-electron chi connectivity index (χ4n) is 3.38. The number of carbonyl (C=O) groups excluding carboxylic acids is 1. The molecule has 1 aromatic rings. The Morgan fingerprint density at radius 3 is 2.70 bits per heavy atom. The Balaban J connectivity index is 1.55. The molecule has 2 fully saturated rings. The van der Waals surface area contributed by atoms with Gasteiger partial charge in [0.05, 0.1) is 11.5 Å². The van der Waals surface area contributed by atoms with Crippen LogP contribution < -0.4 is 0 Å². The lowest BCUT2D eigenvalue weighted by atomic mass is 10.2. The lowest BCUT2D eigenvalue weighted by Gasteiger charge is -2.37. The van der Waals surface area contributed by atoms with Crippen molar-refractivity contribution in [2.45, 2.75) is 32.2 Å². The number of sulfone groups is 1. The third-order valence-electron chi connectivity index (χ3n) is 4.70. The molecule has 0 aromatic carbocycles. The van der Waals surface area contributed by atoms with Gasteiger partial charge in [-0.15, -0.1) is 0 Å². The first kappa shape index (κ1) is 16.4. The number of H-pyrrole nitrogens is 1. The molecule has 128 valence electrons. The predicted octanol–water partition coefficient (Wildman–Crippen LogP) is 0.307. The summed E-state index contributed by atoms with van der Waals surface area (Å²) >= 11 is 0. The van der Waals surface area contributed by atoms with Crippen LogP contribution in [0.5, 0.6) is 0 Å². The van der Waals surface area contributed by atoms with E-state index in [1.165, 1.54) is 0 Å². The molecular formula is C15H24N4O3S. The summed E-state index contributed by atoms with van der Waals surface area (Å²) < 4.78 is 23.2. The van der Waals surface area contributed by atoms with Crippen LogP contribution in [-0.4, -0.2) is 78.0 Å². The molecule has 2 saturated heterocycles. The topological polar surface area (TPSA) is 86.4 Å². The first-order chi connectivity index (χ1) is 11.0. The summed E-state index contributed by atoms with van der Waals surface area (Å²) in [6, 6.07) is 1.96. The Morgan fingerprint density at radius 1 is 1.35 bits per heavy atom. The normalized spacial score (nSPS) is 24.9. The van der Waals surface area contributed by atoms with Crippen LogP contribution in [-0.2, 0) is 16.3 Å². The van der Waals surface area contributed by atoms with E-state index in [4.69, 9.17) is 0 Å². The molecule has 1 N–H and O–H groups in total. The van der Waals surface area contributed by atoms with E-state index in [0.717, 1.165) is 38.0 Å². The molecule has 7 nitrogen and oxygen atoms in total. The molecule has 1 aromatic heterocycles. The number of aryl methyl sites for hydroxylation is 1.